The summed E-state index contributed by atoms with van der Waals surface area (Å²) in [5.41, 5.74) is 0.777. The van der Waals surface area contributed by atoms with Crippen LogP contribution in [0.4, 0.5) is 4.39 Å². The fourth-order valence-electron chi connectivity index (χ4n) is 3.19. The highest BCUT2D eigenvalue weighted by molar-refractivity contribution is 5.91. The summed E-state index contributed by atoms with van der Waals surface area (Å²) < 4.78 is 18.5. The van der Waals surface area contributed by atoms with Gasteiger partial charge >= 0.3 is 0 Å². The maximum Gasteiger partial charge on any atom is 0.289 e. The van der Waals surface area contributed by atoms with E-state index in [0.29, 0.717) is 51.6 Å². The summed E-state index contributed by atoms with van der Waals surface area (Å²) in [5, 5.41) is 0. The molecule has 1 fully saturated rings. The number of furan rings is 1. The molecule has 0 bridgehead atoms. The molecule has 0 saturated carbocycles. The van der Waals surface area contributed by atoms with Crippen molar-refractivity contribution in [2.45, 2.75) is 13.5 Å². The molecule has 6 nitrogen and oxygen atoms in total. The minimum atomic E-state index is -0.298. The Bertz CT molecular complexity index is 771. The maximum absolute atomic E-state index is 13.3. The molecule has 27 heavy (non-hydrogen) atoms. The predicted octanol–water partition coefficient (Wildman–Crippen LogP) is 2.23. The monoisotopic (exact) mass is 373 g/mol. The van der Waals surface area contributed by atoms with Gasteiger partial charge < -0.3 is 14.2 Å². The molecular weight excluding hydrogens is 349 g/mol. The van der Waals surface area contributed by atoms with Gasteiger partial charge in [0, 0.05) is 39.3 Å². The Kier molecular flexibility index (Phi) is 6.24. The van der Waals surface area contributed by atoms with Crippen molar-refractivity contribution < 1.29 is 18.4 Å². The summed E-state index contributed by atoms with van der Waals surface area (Å²) in [5.74, 6) is -0.0695. The molecule has 0 unspecified atom stereocenters. The van der Waals surface area contributed by atoms with Crippen molar-refractivity contribution in [3.8, 4) is 0 Å². The second kappa shape index (κ2) is 8.81. The van der Waals surface area contributed by atoms with E-state index in [1.165, 1.54) is 18.4 Å². The van der Waals surface area contributed by atoms with Gasteiger partial charge in [0.05, 0.1) is 12.8 Å². The van der Waals surface area contributed by atoms with E-state index < -0.39 is 0 Å². The summed E-state index contributed by atoms with van der Waals surface area (Å²) in [4.78, 5) is 30.4. The lowest BCUT2D eigenvalue weighted by molar-refractivity contribution is -0.133. The van der Waals surface area contributed by atoms with Crippen molar-refractivity contribution in [1.29, 1.82) is 0 Å². The number of amides is 2. The summed E-state index contributed by atoms with van der Waals surface area (Å²) in [6.07, 6.45) is 1.49. The molecule has 2 amide bonds. The quantitative estimate of drug-likeness (QED) is 0.779. The van der Waals surface area contributed by atoms with Crippen molar-refractivity contribution in [2.24, 2.45) is 0 Å². The first-order chi connectivity index (χ1) is 13.1. The molecule has 144 valence electrons. The first kappa shape index (κ1) is 19.1. The van der Waals surface area contributed by atoms with Gasteiger partial charge in [0.25, 0.3) is 5.91 Å². The number of carbonyl (C=O) groups is 2. The van der Waals surface area contributed by atoms with Gasteiger partial charge in [-0.1, -0.05) is 12.1 Å². The molecule has 1 aliphatic heterocycles. The second-order valence-electron chi connectivity index (χ2n) is 6.58. The lowest BCUT2D eigenvalue weighted by Gasteiger charge is -2.35. The Morgan fingerprint density at radius 3 is 2.56 bits per heavy atom. The third-order valence-electron chi connectivity index (χ3n) is 4.75. The maximum atomic E-state index is 13.3. The minimum absolute atomic E-state index is 0.00701. The zero-order valence-corrected chi connectivity index (χ0v) is 15.4. The SMILES string of the molecule is CCN(Cc1cccc(F)c1)C(=O)CN1CCN(C(=O)c2ccco2)CC1. The Balaban J connectivity index is 1.50. The van der Waals surface area contributed by atoms with Crippen LogP contribution >= 0.6 is 0 Å². The van der Waals surface area contributed by atoms with Crippen molar-refractivity contribution in [3.05, 3.63) is 59.8 Å². The molecule has 2 aromatic rings. The van der Waals surface area contributed by atoms with Gasteiger partial charge in [-0.05, 0) is 36.8 Å². The number of hydrogen-bond donors (Lipinski definition) is 0. The Labute approximate surface area is 158 Å². The fraction of sp³-hybridized carbons (Fsp3) is 0.400. The van der Waals surface area contributed by atoms with Crippen LogP contribution < -0.4 is 0 Å². The summed E-state index contributed by atoms with van der Waals surface area (Å²) in [7, 11) is 0. The van der Waals surface area contributed by atoms with E-state index in [4.69, 9.17) is 4.42 Å². The van der Waals surface area contributed by atoms with Crippen LogP contribution in [0, 0.1) is 5.82 Å². The van der Waals surface area contributed by atoms with Gasteiger partial charge in [0.15, 0.2) is 5.76 Å². The zero-order valence-electron chi connectivity index (χ0n) is 15.4. The fourth-order valence-corrected chi connectivity index (χ4v) is 3.19. The van der Waals surface area contributed by atoms with E-state index in [1.807, 2.05) is 17.9 Å². The molecule has 0 N–H and O–H groups in total. The number of piperazine rings is 1. The highest BCUT2D eigenvalue weighted by atomic mass is 19.1. The molecule has 1 saturated heterocycles. The highest BCUT2D eigenvalue weighted by Crippen LogP contribution is 2.11. The molecule has 3 rings (SSSR count). The van der Waals surface area contributed by atoms with Crippen LogP contribution in [-0.2, 0) is 11.3 Å². The average Bonchev–Trinajstić information content (AvgIpc) is 3.21. The molecular formula is C20H24FN3O3. The Morgan fingerprint density at radius 1 is 1.15 bits per heavy atom. The van der Waals surface area contributed by atoms with Gasteiger partial charge in [-0.25, -0.2) is 4.39 Å². The molecule has 0 radical (unpaired) electrons. The number of halogens is 1. The first-order valence-electron chi connectivity index (χ1n) is 9.14. The standard InChI is InChI=1S/C20H24FN3O3/c1-2-23(14-16-5-3-6-17(21)13-16)19(25)15-22-8-10-24(11-9-22)20(26)18-7-4-12-27-18/h3-7,12-13H,2,8-11,14-15H2,1H3. The van der Waals surface area contributed by atoms with Crippen LogP contribution in [0.3, 0.4) is 0 Å². The highest BCUT2D eigenvalue weighted by Gasteiger charge is 2.25. The van der Waals surface area contributed by atoms with Crippen molar-refractivity contribution >= 4 is 11.8 Å². The molecule has 1 aliphatic rings. The van der Waals surface area contributed by atoms with Crippen LogP contribution in [0.15, 0.2) is 47.1 Å². The van der Waals surface area contributed by atoms with Gasteiger partial charge in [-0.3, -0.25) is 14.5 Å². The minimum Gasteiger partial charge on any atom is -0.459 e. The molecule has 0 spiro atoms. The van der Waals surface area contributed by atoms with Crippen LogP contribution in [0.1, 0.15) is 23.0 Å². The van der Waals surface area contributed by atoms with Crippen molar-refractivity contribution in [1.82, 2.24) is 14.7 Å². The van der Waals surface area contributed by atoms with Gasteiger partial charge in [-0.15, -0.1) is 0 Å². The number of hydrogen-bond acceptors (Lipinski definition) is 4. The normalized spacial score (nSPS) is 15.0. The lowest BCUT2D eigenvalue weighted by Crippen LogP contribution is -2.51. The van der Waals surface area contributed by atoms with Gasteiger partial charge in [0.1, 0.15) is 5.82 Å². The Morgan fingerprint density at radius 2 is 1.93 bits per heavy atom. The number of rotatable bonds is 6. The second-order valence-corrected chi connectivity index (χ2v) is 6.58. The van der Waals surface area contributed by atoms with E-state index in [2.05, 4.69) is 0 Å². The number of likely N-dealkylation sites (N-methyl/N-ethyl adjacent to an activating group) is 1. The smallest absolute Gasteiger partial charge is 0.289 e. The van der Waals surface area contributed by atoms with Crippen LogP contribution in [0.5, 0.6) is 0 Å². The third kappa shape index (κ3) is 4.95. The molecule has 0 aliphatic carbocycles. The average molecular weight is 373 g/mol. The summed E-state index contributed by atoms with van der Waals surface area (Å²) in [6.45, 7) is 5.55. The summed E-state index contributed by atoms with van der Waals surface area (Å²) in [6, 6.07) is 9.67. The molecule has 1 aromatic carbocycles. The predicted molar refractivity (Wildman–Crippen MR) is 98.5 cm³/mol. The largest absolute Gasteiger partial charge is 0.459 e. The first-order valence-corrected chi connectivity index (χ1v) is 9.14. The molecule has 1 aromatic heterocycles. The van der Waals surface area contributed by atoms with E-state index >= 15 is 0 Å². The Hall–Kier alpha value is -2.67. The van der Waals surface area contributed by atoms with Crippen LogP contribution in [0.25, 0.3) is 0 Å². The van der Waals surface area contributed by atoms with E-state index in [9.17, 15) is 14.0 Å². The number of carbonyl (C=O) groups excluding carboxylic acids is 2. The topological polar surface area (TPSA) is 57.0 Å². The van der Waals surface area contributed by atoms with E-state index in [1.54, 1.807) is 28.0 Å². The van der Waals surface area contributed by atoms with Gasteiger partial charge in [0.2, 0.25) is 5.91 Å². The number of benzene rings is 1. The van der Waals surface area contributed by atoms with Crippen molar-refractivity contribution in [3.63, 3.8) is 0 Å². The summed E-state index contributed by atoms with van der Waals surface area (Å²) >= 11 is 0. The third-order valence-corrected chi connectivity index (χ3v) is 4.75. The van der Waals surface area contributed by atoms with Crippen LogP contribution in [-0.4, -0.2) is 65.8 Å². The molecule has 2 heterocycles. The lowest BCUT2D eigenvalue weighted by atomic mass is 10.2. The molecule has 0 atom stereocenters. The van der Waals surface area contributed by atoms with Gasteiger partial charge in [-0.2, -0.15) is 0 Å². The number of nitrogens with zero attached hydrogens (tertiary/aromatic N) is 3. The molecule has 7 heteroatoms. The van der Waals surface area contributed by atoms with E-state index in [-0.39, 0.29) is 17.6 Å². The van der Waals surface area contributed by atoms with E-state index in [0.717, 1.165) is 5.56 Å². The zero-order chi connectivity index (χ0) is 19.2. The van der Waals surface area contributed by atoms with Crippen molar-refractivity contribution in [2.75, 3.05) is 39.3 Å². The van der Waals surface area contributed by atoms with Crippen LogP contribution in [0.2, 0.25) is 0 Å².